The van der Waals surface area contributed by atoms with Crippen LogP contribution in [0.2, 0.25) is 0 Å². The van der Waals surface area contributed by atoms with Crippen molar-refractivity contribution in [1.82, 2.24) is 0 Å². The summed E-state index contributed by atoms with van der Waals surface area (Å²) in [6.07, 6.45) is 4.98. The third-order valence-electron chi connectivity index (χ3n) is 1.93. The van der Waals surface area contributed by atoms with Crippen molar-refractivity contribution in [1.29, 1.82) is 0 Å². The zero-order chi connectivity index (χ0) is 8.48. The van der Waals surface area contributed by atoms with Gasteiger partial charge in [-0.15, -0.1) is 0 Å². The van der Waals surface area contributed by atoms with Gasteiger partial charge in [0.05, 0.1) is 5.76 Å². The van der Waals surface area contributed by atoms with Crippen LogP contribution in [0.1, 0.15) is 13.3 Å². The van der Waals surface area contributed by atoms with Crippen molar-refractivity contribution in [3.05, 3.63) is 24.0 Å². The molecule has 0 saturated heterocycles. The van der Waals surface area contributed by atoms with Crippen molar-refractivity contribution < 1.29 is 10.2 Å². The molecule has 0 aromatic heterocycles. The minimum absolute atomic E-state index is 0.173. The second kappa shape index (κ2) is 2.68. The number of rotatable bonds is 1. The lowest BCUT2D eigenvalue weighted by molar-refractivity contribution is 0.0563. The van der Waals surface area contributed by atoms with Gasteiger partial charge in [0, 0.05) is 12.5 Å². The van der Waals surface area contributed by atoms with E-state index < -0.39 is 5.60 Å². The van der Waals surface area contributed by atoms with Crippen LogP contribution in [0.4, 0.5) is 0 Å². The van der Waals surface area contributed by atoms with Gasteiger partial charge in [0.2, 0.25) is 0 Å². The molecule has 0 spiro atoms. The Morgan fingerprint density at radius 2 is 2.36 bits per heavy atom. The van der Waals surface area contributed by atoms with E-state index in [1.807, 2.05) is 0 Å². The molecule has 1 aliphatic rings. The van der Waals surface area contributed by atoms with Crippen LogP contribution in [0.15, 0.2) is 24.0 Å². The average molecular weight is 155 g/mol. The van der Waals surface area contributed by atoms with Gasteiger partial charge >= 0.3 is 0 Å². The minimum Gasteiger partial charge on any atom is -0.512 e. The molecule has 0 aromatic rings. The number of aliphatic hydroxyl groups is 2. The third-order valence-corrected chi connectivity index (χ3v) is 1.93. The van der Waals surface area contributed by atoms with Crippen LogP contribution < -0.4 is 5.73 Å². The fraction of sp³-hybridized carbons (Fsp3) is 0.500. The largest absolute Gasteiger partial charge is 0.512 e. The summed E-state index contributed by atoms with van der Waals surface area (Å²) in [5, 5.41) is 18.8. The molecule has 3 heteroatoms. The predicted octanol–water partition coefficient (Wildman–Crippen LogP) is 0.467. The number of nitrogens with two attached hydrogens (primary N) is 1. The first kappa shape index (κ1) is 8.30. The quantitative estimate of drug-likeness (QED) is 0.515. The summed E-state index contributed by atoms with van der Waals surface area (Å²) in [7, 11) is 0. The molecule has 0 saturated carbocycles. The Kier molecular flexibility index (Phi) is 2.02. The zero-order valence-electron chi connectivity index (χ0n) is 6.49. The lowest BCUT2D eigenvalue weighted by Crippen LogP contribution is -2.45. The van der Waals surface area contributed by atoms with E-state index in [1.54, 1.807) is 25.2 Å². The summed E-state index contributed by atoms with van der Waals surface area (Å²) in [5.74, 6) is 0.173. The van der Waals surface area contributed by atoms with E-state index in [0.717, 1.165) is 0 Å². The molecular formula is C8H13NO2. The van der Waals surface area contributed by atoms with E-state index in [-0.39, 0.29) is 18.2 Å². The molecule has 0 heterocycles. The highest BCUT2D eigenvalue weighted by molar-refractivity contribution is 5.23. The number of allylic oxidation sites excluding steroid dienone is 2. The van der Waals surface area contributed by atoms with Gasteiger partial charge in [0.1, 0.15) is 5.60 Å². The van der Waals surface area contributed by atoms with Crippen molar-refractivity contribution in [2.75, 3.05) is 0 Å². The highest BCUT2D eigenvalue weighted by Gasteiger charge is 2.30. The monoisotopic (exact) mass is 155 g/mol. The summed E-state index contributed by atoms with van der Waals surface area (Å²) in [6.45, 7) is 1.71. The Hall–Kier alpha value is -0.800. The standard InChI is InChI=1S/C8H13NO2/c1-6(9)8(11)4-2-3-7(10)5-8/h2-4,6,10-11H,5,9H2,1H3. The van der Waals surface area contributed by atoms with E-state index in [9.17, 15) is 5.11 Å². The molecule has 0 aliphatic heterocycles. The second-order valence-corrected chi connectivity index (χ2v) is 2.97. The SMILES string of the molecule is CC(N)C1(O)C=CC=C(O)C1. The van der Waals surface area contributed by atoms with Gasteiger partial charge < -0.3 is 15.9 Å². The molecule has 0 fully saturated rings. The Balaban J connectivity index is 2.78. The van der Waals surface area contributed by atoms with Crippen molar-refractivity contribution in [3.63, 3.8) is 0 Å². The van der Waals surface area contributed by atoms with Crippen molar-refractivity contribution >= 4 is 0 Å². The van der Waals surface area contributed by atoms with E-state index in [2.05, 4.69) is 0 Å². The van der Waals surface area contributed by atoms with E-state index in [4.69, 9.17) is 10.8 Å². The highest BCUT2D eigenvalue weighted by Crippen LogP contribution is 2.23. The Morgan fingerprint density at radius 3 is 2.73 bits per heavy atom. The average Bonchev–Trinajstić information content (AvgIpc) is 1.86. The Morgan fingerprint density at radius 1 is 1.73 bits per heavy atom. The maximum absolute atomic E-state index is 9.71. The topological polar surface area (TPSA) is 66.5 Å². The fourth-order valence-corrected chi connectivity index (χ4v) is 1.05. The highest BCUT2D eigenvalue weighted by atomic mass is 16.3. The maximum Gasteiger partial charge on any atom is 0.105 e. The molecule has 2 unspecified atom stereocenters. The number of hydrogen-bond donors (Lipinski definition) is 3. The summed E-state index contributed by atoms with van der Waals surface area (Å²) in [5.41, 5.74) is 4.45. The van der Waals surface area contributed by atoms with Gasteiger partial charge in [0.15, 0.2) is 0 Å². The molecule has 0 amide bonds. The molecule has 62 valence electrons. The molecule has 3 nitrogen and oxygen atoms in total. The minimum atomic E-state index is -1.07. The van der Waals surface area contributed by atoms with E-state index in [1.165, 1.54) is 0 Å². The third kappa shape index (κ3) is 1.61. The summed E-state index contributed by atoms with van der Waals surface area (Å²) in [4.78, 5) is 0. The lowest BCUT2D eigenvalue weighted by atomic mass is 9.88. The Bertz CT molecular complexity index is 208. The molecule has 1 aliphatic carbocycles. The van der Waals surface area contributed by atoms with E-state index in [0.29, 0.717) is 0 Å². The molecular weight excluding hydrogens is 142 g/mol. The molecule has 1 rings (SSSR count). The van der Waals surface area contributed by atoms with Crippen LogP contribution in [-0.2, 0) is 0 Å². The van der Waals surface area contributed by atoms with Crippen LogP contribution in [0.25, 0.3) is 0 Å². The summed E-state index contributed by atoms with van der Waals surface area (Å²) < 4.78 is 0. The van der Waals surface area contributed by atoms with Crippen LogP contribution in [0.5, 0.6) is 0 Å². The van der Waals surface area contributed by atoms with Gasteiger partial charge in [-0.2, -0.15) is 0 Å². The van der Waals surface area contributed by atoms with Gasteiger partial charge in [-0.05, 0) is 13.0 Å². The van der Waals surface area contributed by atoms with Crippen molar-refractivity contribution in [2.24, 2.45) is 5.73 Å². The van der Waals surface area contributed by atoms with Crippen molar-refractivity contribution in [3.8, 4) is 0 Å². The van der Waals surface area contributed by atoms with Gasteiger partial charge in [-0.3, -0.25) is 0 Å². The van der Waals surface area contributed by atoms with Crippen LogP contribution in [-0.4, -0.2) is 21.9 Å². The smallest absolute Gasteiger partial charge is 0.105 e. The summed E-state index contributed by atoms with van der Waals surface area (Å²) in [6, 6.07) is -0.366. The Labute approximate surface area is 65.8 Å². The molecule has 2 atom stereocenters. The van der Waals surface area contributed by atoms with Crippen LogP contribution in [0.3, 0.4) is 0 Å². The first-order valence-electron chi connectivity index (χ1n) is 3.60. The lowest BCUT2D eigenvalue weighted by Gasteiger charge is -2.29. The molecule has 4 N–H and O–H groups in total. The van der Waals surface area contributed by atoms with Gasteiger partial charge in [-0.25, -0.2) is 0 Å². The van der Waals surface area contributed by atoms with Crippen molar-refractivity contribution in [2.45, 2.75) is 25.0 Å². The van der Waals surface area contributed by atoms with E-state index >= 15 is 0 Å². The summed E-state index contributed by atoms with van der Waals surface area (Å²) >= 11 is 0. The predicted molar refractivity (Wildman–Crippen MR) is 43.1 cm³/mol. The normalized spacial score (nSPS) is 33.2. The molecule has 0 aromatic carbocycles. The second-order valence-electron chi connectivity index (χ2n) is 2.97. The maximum atomic E-state index is 9.71. The molecule has 0 radical (unpaired) electrons. The first-order chi connectivity index (χ1) is 5.04. The van der Waals surface area contributed by atoms with Crippen LogP contribution in [0, 0.1) is 0 Å². The van der Waals surface area contributed by atoms with Gasteiger partial charge in [0.25, 0.3) is 0 Å². The number of aliphatic hydroxyl groups excluding tert-OH is 1. The molecule has 0 bridgehead atoms. The van der Waals surface area contributed by atoms with Crippen LogP contribution >= 0.6 is 0 Å². The number of hydrogen-bond acceptors (Lipinski definition) is 3. The first-order valence-corrected chi connectivity index (χ1v) is 3.60. The molecule has 11 heavy (non-hydrogen) atoms. The zero-order valence-corrected chi connectivity index (χ0v) is 6.49. The fourth-order valence-electron chi connectivity index (χ4n) is 1.05. The van der Waals surface area contributed by atoms with Gasteiger partial charge in [-0.1, -0.05) is 12.2 Å².